The summed E-state index contributed by atoms with van der Waals surface area (Å²) >= 11 is 0. The molecule has 0 bridgehead atoms. The Hall–Kier alpha value is -0.900. The second-order valence-corrected chi connectivity index (χ2v) is 6.76. The van der Waals surface area contributed by atoms with E-state index in [1.54, 1.807) is 0 Å². The van der Waals surface area contributed by atoms with Gasteiger partial charge in [0.05, 0.1) is 5.60 Å². The van der Waals surface area contributed by atoms with E-state index in [1.807, 2.05) is 0 Å². The molecule has 3 nitrogen and oxygen atoms in total. The van der Waals surface area contributed by atoms with Gasteiger partial charge in [-0.05, 0) is 59.8 Å². The monoisotopic (exact) mass is 277 g/mol. The van der Waals surface area contributed by atoms with Crippen molar-refractivity contribution < 1.29 is 9.47 Å². The molecule has 1 heterocycles. The molecule has 2 rings (SSSR count). The van der Waals surface area contributed by atoms with E-state index in [4.69, 9.17) is 9.47 Å². The fourth-order valence-electron chi connectivity index (χ4n) is 2.74. The lowest BCUT2D eigenvalue weighted by Crippen LogP contribution is -2.46. The molecule has 1 fully saturated rings. The Kier molecular flexibility index (Phi) is 4.24. The van der Waals surface area contributed by atoms with Gasteiger partial charge in [0.25, 0.3) is 0 Å². The molecule has 20 heavy (non-hydrogen) atoms. The summed E-state index contributed by atoms with van der Waals surface area (Å²) in [4.78, 5) is 2.12. The first kappa shape index (κ1) is 15.5. The summed E-state index contributed by atoms with van der Waals surface area (Å²) in [6.07, 6.45) is 0.675. The lowest BCUT2D eigenvalue weighted by molar-refractivity contribution is -0.300. The van der Waals surface area contributed by atoms with Crippen molar-refractivity contribution in [2.24, 2.45) is 0 Å². The number of nitrogens with zero attached hydrogens (tertiary/aromatic N) is 1. The second kappa shape index (κ2) is 5.47. The van der Waals surface area contributed by atoms with Gasteiger partial charge in [-0.3, -0.25) is 4.90 Å². The summed E-state index contributed by atoms with van der Waals surface area (Å²) in [5.74, 6) is 0. The standard InChI is InChI=1S/C17H27NO2/c1-11-8-12(2)13(3)14(9-11)16-19-15(18(6)7)10-17(4,5)20-16/h8-9,15-16H,10H2,1-7H3. The average molecular weight is 277 g/mol. The van der Waals surface area contributed by atoms with Crippen molar-refractivity contribution in [2.75, 3.05) is 14.1 Å². The SMILES string of the molecule is Cc1cc(C)c(C)c(C2OC(N(C)C)CC(C)(C)O2)c1. The number of hydrogen-bond donors (Lipinski definition) is 0. The topological polar surface area (TPSA) is 21.7 Å². The Balaban J connectivity index is 2.36. The molecule has 3 heteroatoms. The Bertz CT molecular complexity index is 494. The predicted octanol–water partition coefficient (Wildman–Crippen LogP) is 3.71. The van der Waals surface area contributed by atoms with Crippen LogP contribution in [-0.2, 0) is 9.47 Å². The van der Waals surface area contributed by atoms with Gasteiger partial charge in [-0.2, -0.15) is 0 Å². The number of benzene rings is 1. The number of hydrogen-bond acceptors (Lipinski definition) is 3. The highest BCUT2D eigenvalue weighted by atomic mass is 16.7. The van der Waals surface area contributed by atoms with Gasteiger partial charge >= 0.3 is 0 Å². The van der Waals surface area contributed by atoms with Crippen LogP contribution in [0.5, 0.6) is 0 Å². The quantitative estimate of drug-likeness (QED) is 0.822. The summed E-state index contributed by atoms with van der Waals surface area (Å²) in [6.45, 7) is 10.7. The van der Waals surface area contributed by atoms with Crippen LogP contribution in [-0.4, -0.2) is 30.8 Å². The highest BCUT2D eigenvalue weighted by Crippen LogP contribution is 2.38. The normalized spacial score (nSPS) is 26.0. The van der Waals surface area contributed by atoms with Crippen molar-refractivity contribution in [1.29, 1.82) is 0 Å². The zero-order valence-corrected chi connectivity index (χ0v) is 13.8. The summed E-state index contributed by atoms with van der Waals surface area (Å²) in [7, 11) is 4.11. The lowest BCUT2D eigenvalue weighted by Gasteiger charge is -2.43. The zero-order valence-electron chi connectivity index (χ0n) is 13.8. The summed E-state index contributed by atoms with van der Waals surface area (Å²) in [5, 5.41) is 0. The molecule has 0 radical (unpaired) electrons. The predicted molar refractivity (Wildman–Crippen MR) is 81.7 cm³/mol. The Morgan fingerprint density at radius 3 is 2.40 bits per heavy atom. The molecular weight excluding hydrogens is 250 g/mol. The fraction of sp³-hybridized carbons (Fsp3) is 0.647. The molecule has 1 aliphatic heterocycles. The van der Waals surface area contributed by atoms with Crippen LogP contribution in [0.4, 0.5) is 0 Å². The molecular formula is C17H27NO2. The van der Waals surface area contributed by atoms with Crippen LogP contribution in [0.1, 0.15) is 48.8 Å². The molecule has 2 unspecified atom stereocenters. The van der Waals surface area contributed by atoms with Crippen molar-refractivity contribution >= 4 is 0 Å². The van der Waals surface area contributed by atoms with Crippen LogP contribution in [0.15, 0.2) is 12.1 Å². The third-order valence-electron chi connectivity index (χ3n) is 4.05. The summed E-state index contributed by atoms with van der Waals surface area (Å²) in [6, 6.07) is 4.39. The van der Waals surface area contributed by atoms with E-state index in [0.717, 1.165) is 12.0 Å². The number of rotatable bonds is 2. The highest BCUT2D eigenvalue weighted by Gasteiger charge is 2.37. The maximum Gasteiger partial charge on any atom is 0.186 e. The van der Waals surface area contributed by atoms with Crippen molar-refractivity contribution in [1.82, 2.24) is 4.90 Å². The summed E-state index contributed by atoms with van der Waals surface area (Å²) < 4.78 is 12.3. The van der Waals surface area contributed by atoms with Crippen LogP contribution >= 0.6 is 0 Å². The van der Waals surface area contributed by atoms with Gasteiger partial charge in [0, 0.05) is 12.0 Å². The molecule has 1 aliphatic rings. The molecule has 112 valence electrons. The molecule has 0 saturated carbocycles. The number of aryl methyl sites for hydroxylation is 2. The fourth-order valence-corrected chi connectivity index (χ4v) is 2.74. The minimum atomic E-state index is -0.287. The van der Waals surface area contributed by atoms with Crippen LogP contribution in [0, 0.1) is 20.8 Å². The largest absolute Gasteiger partial charge is 0.342 e. The van der Waals surface area contributed by atoms with Gasteiger partial charge < -0.3 is 9.47 Å². The van der Waals surface area contributed by atoms with Gasteiger partial charge in [-0.1, -0.05) is 17.7 Å². The lowest BCUT2D eigenvalue weighted by atomic mass is 9.97. The first-order valence-electron chi connectivity index (χ1n) is 7.27. The van der Waals surface area contributed by atoms with Crippen LogP contribution in [0.25, 0.3) is 0 Å². The zero-order chi connectivity index (χ0) is 15.1. The van der Waals surface area contributed by atoms with E-state index < -0.39 is 0 Å². The van der Waals surface area contributed by atoms with Crippen LogP contribution in [0.2, 0.25) is 0 Å². The van der Waals surface area contributed by atoms with E-state index in [0.29, 0.717) is 0 Å². The minimum absolute atomic E-state index is 0.0870. The third kappa shape index (κ3) is 3.22. The second-order valence-electron chi connectivity index (χ2n) is 6.76. The molecule has 2 atom stereocenters. The van der Waals surface area contributed by atoms with Crippen molar-refractivity contribution in [2.45, 2.75) is 59.2 Å². The van der Waals surface area contributed by atoms with Gasteiger partial charge in [-0.25, -0.2) is 0 Å². The Morgan fingerprint density at radius 2 is 1.80 bits per heavy atom. The van der Waals surface area contributed by atoms with Gasteiger partial charge in [0.15, 0.2) is 6.29 Å². The molecule has 1 saturated heterocycles. The van der Waals surface area contributed by atoms with Gasteiger partial charge in [0.1, 0.15) is 6.23 Å². The molecule has 1 aromatic rings. The molecule has 1 aromatic carbocycles. The van der Waals surface area contributed by atoms with E-state index >= 15 is 0 Å². The van der Waals surface area contributed by atoms with E-state index in [2.05, 4.69) is 65.7 Å². The summed E-state index contributed by atoms with van der Waals surface area (Å²) in [5.41, 5.74) is 4.78. The first-order chi connectivity index (χ1) is 9.19. The first-order valence-corrected chi connectivity index (χ1v) is 7.27. The molecule has 0 spiro atoms. The maximum absolute atomic E-state index is 6.18. The van der Waals surface area contributed by atoms with Gasteiger partial charge in [-0.15, -0.1) is 0 Å². The van der Waals surface area contributed by atoms with Crippen molar-refractivity contribution in [3.05, 3.63) is 34.4 Å². The molecule has 0 aromatic heterocycles. The third-order valence-corrected chi connectivity index (χ3v) is 4.05. The maximum atomic E-state index is 6.18. The minimum Gasteiger partial charge on any atom is -0.342 e. The average Bonchev–Trinajstić information content (AvgIpc) is 2.31. The highest BCUT2D eigenvalue weighted by molar-refractivity contribution is 5.38. The van der Waals surface area contributed by atoms with E-state index in [-0.39, 0.29) is 18.1 Å². The van der Waals surface area contributed by atoms with Crippen molar-refractivity contribution in [3.63, 3.8) is 0 Å². The smallest absolute Gasteiger partial charge is 0.186 e. The van der Waals surface area contributed by atoms with Crippen LogP contribution < -0.4 is 0 Å². The Morgan fingerprint density at radius 1 is 1.15 bits per heavy atom. The van der Waals surface area contributed by atoms with Crippen molar-refractivity contribution in [3.8, 4) is 0 Å². The molecule has 0 amide bonds. The van der Waals surface area contributed by atoms with E-state index in [9.17, 15) is 0 Å². The molecule has 0 aliphatic carbocycles. The van der Waals surface area contributed by atoms with E-state index in [1.165, 1.54) is 16.7 Å². The van der Waals surface area contributed by atoms with Gasteiger partial charge in [0.2, 0.25) is 0 Å². The Labute approximate surface area is 122 Å². The molecule has 0 N–H and O–H groups in total. The van der Waals surface area contributed by atoms with Crippen LogP contribution in [0.3, 0.4) is 0 Å². The number of ether oxygens (including phenoxy) is 2.